The Labute approximate surface area is 129 Å². The first-order valence-electron chi connectivity index (χ1n) is 6.96. The summed E-state index contributed by atoms with van der Waals surface area (Å²) in [6, 6.07) is 13.0. The molecule has 22 heavy (non-hydrogen) atoms. The number of pyridine rings is 1. The van der Waals surface area contributed by atoms with E-state index in [0.29, 0.717) is 5.65 Å². The molecule has 0 bridgehead atoms. The van der Waals surface area contributed by atoms with E-state index in [1.807, 2.05) is 56.4 Å². The number of rotatable bonds is 1. The van der Waals surface area contributed by atoms with E-state index < -0.39 is 5.95 Å². The minimum Gasteiger partial charge on any atom is -0.378 e. The molecule has 0 aliphatic carbocycles. The van der Waals surface area contributed by atoms with E-state index in [1.54, 1.807) is 10.6 Å². The van der Waals surface area contributed by atoms with Crippen molar-refractivity contribution in [3.8, 4) is 11.8 Å². The van der Waals surface area contributed by atoms with Gasteiger partial charge in [-0.15, -0.1) is 0 Å². The molecule has 1 aromatic carbocycles. The normalized spacial score (nSPS) is 10.4. The minimum atomic E-state index is -0.479. The standard InChI is InChI=1S/C18H16FN3/c1-21(2)15-8-4-13(5-9-15)6-10-16-12-14-7-11-17(19)20-18(14)22(16)3/h4-5,7-9,11-12H,1-3H3. The number of nitrogens with zero attached hydrogens (tertiary/aromatic N) is 3. The van der Waals surface area contributed by atoms with Crippen LogP contribution in [-0.4, -0.2) is 23.6 Å². The fourth-order valence-electron chi connectivity index (χ4n) is 2.27. The summed E-state index contributed by atoms with van der Waals surface area (Å²) < 4.78 is 15.0. The number of aryl methyl sites for hydroxylation is 1. The summed E-state index contributed by atoms with van der Waals surface area (Å²) in [5.74, 6) is 5.78. The summed E-state index contributed by atoms with van der Waals surface area (Å²) in [6.45, 7) is 0. The molecule has 0 spiro atoms. The third-order valence-electron chi connectivity index (χ3n) is 3.56. The van der Waals surface area contributed by atoms with Gasteiger partial charge in [0.05, 0.1) is 5.69 Å². The average molecular weight is 293 g/mol. The average Bonchev–Trinajstić information content (AvgIpc) is 2.82. The number of hydrogen-bond donors (Lipinski definition) is 0. The van der Waals surface area contributed by atoms with Crippen molar-refractivity contribution < 1.29 is 4.39 Å². The maximum atomic E-state index is 13.2. The van der Waals surface area contributed by atoms with Gasteiger partial charge in [-0.05, 0) is 48.4 Å². The Morgan fingerprint density at radius 2 is 1.77 bits per heavy atom. The van der Waals surface area contributed by atoms with Crippen molar-refractivity contribution in [1.29, 1.82) is 0 Å². The third-order valence-corrected chi connectivity index (χ3v) is 3.56. The third kappa shape index (κ3) is 2.66. The molecule has 4 heteroatoms. The number of halogens is 1. The predicted molar refractivity (Wildman–Crippen MR) is 87.4 cm³/mol. The van der Waals surface area contributed by atoms with Crippen LogP contribution in [0.5, 0.6) is 0 Å². The van der Waals surface area contributed by atoms with E-state index in [1.165, 1.54) is 6.07 Å². The van der Waals surface area contributed by atoms with Crippen LogP contribution in [0.4, 0.5) is 10.1 Å². The largest absolute Gasteiger partial charge is 0.378 e. The van der Waals surface area contributed by atoms with Gasteiger partial charge in [0.15, 0.2) is 0 Å². The highest BCUT2D eigenvalue weighted by Crippen LogP contribution is 2.17. The van der Waals surface area contributed by atoms with Crippen molar-refractivity contribution in [2.45, 2.75) is 0 Å². The predicted octanol–water partition coefficient (Wildman–Crippen LogP) is 3.18. The zero-order valence-corrected chi connectivity index (χ0v) is 12.8. The number of hydrogen-bond acceptors (Lipinski definition) is 2. The van der Waals surface area contributed by atoms with Crippen LogP contribution in [0.25, 0.3) is 11.0 Å². The van der Waals surface area contributed by atoms with Crippen molar-refractivity contribution >= 4 is 16.7 Å². The lowest BCUT2D eigenvalue weighted by Crippen LogP contribution is -2.07. The SMILES string of the molecule is CN(C)c1ccc(C#Cc2cc3ccc(F)nc3n2C)cc1. The van der Waals surface area contributed by atoms with Crippen molar-refractivity contribution in [2.75, 3.05) is 19.0 Å². The molecule has 110 valence electrons. The van der Waals surface area contributed by atoms with Gasteiger partial charge in [-0.1, -0.05) is 5.92 Å². The molecule has 0 amide bonds. The van der Waals surface area contributed by atoms with Gasteiger partial charge in [0.25, 0.3) is 0 Å². The fourth-order valence-corrected chi connectivity index (χ4v) is 2.27. The van der Waals surface area contributed by atoms with Crippen LogP contribution in [-0.2, 0) is 7.05 Å². The zero-order valence-electron chi connectivity index (χ0n) is 12.8. The van der Waals surface area contributed by atoms with Gasteiger partial charge < -0.3 is 9.47 Å². The Hall–Kier alpha value is -2.80. The molecule has 3 aromatic rings. The van der Waals surface area contributed by atoms with Crippen molar-refractivity contribution in [1.82, 2.24) is 9.55 Å². The molecule has 0 N–H and O–H groups in total. The molecule has 0 radical (unpaired) electrons. The first-order chi connectivity index (χ1) is 10.5. The fraction of sp³-hybridized carbons (Fsp3) is 0.167. The van der Waals surface area contributed by atoms with E-state index in [2.05, 4.69) is 16.8 Å². The molecule has 0 fully saturated rings. The van der Waals surface area contributed by atoms with Crippen LogP contribution in [0.3, 0.4) is 0 Å². The van der Waals surface area contributed by atoms with Crippen LogP contribution in [0, 0.1) is 17.8 Å². The second kappa shape index (κ2) is 5.53. The first-order valence-corrected chi connectivity index (χ1v) is 6.96. The number of aromatic nitrogens is 2. The maximum absolute atomic E-state index is 13.2. The molecule has 2 aromatic heterocycles. The van der Waals surface area contributed by atoms with Crippen molar-refractivity contribution in [3.05, 3.63) is 59.7 Å². The molecule has 0 unspecified atom stereocenters. The van der Waals surface area contributed by atoms with Gasteiger partial charge in [0.2, 0.25) is 5.95 Å². The molecule has 0 aliphatic heterocycles. The first kappa shape index (κ1) is 14.2. The smallest absolute Gasteiger partial charge is 0.214 e. The van der Waals surface area contributed by atoms with Crippen LogP contribution in [0.15, 0.2) is 42.5 Å². The van der Waals surface area contributed by atoms with E-state index >= 15 is 0 Å². The van der Waals surface area contributed by atoms with Crippen LogP contribution in [0.2, 0.25) is 0 Å². The Morgan fingerprint density at radius 3 is 2.45 bits per heavy atom. The molecule has 3 nitrogen and oxygen atoms in total. The number of fused-ring (bicyclic) bond motifs is 1. The van der Waals surface area contributed by atoms with Gasteiger partial charge in [-0.2, -0.15) is 4.39 Å². The van der Waals surface area contributed by atoms with Crippen molar-refractivity contribution in [2.24, 2.45) is 7.05 Å². The highest BCUT2D eigenvalue weighted by atomic mass is 19.1. The quantitative estimate of drug-likeness (QED) is 0.507. The Bertz CT molecular complexity index is 880. The molecule has 0 saturated heterocycles. The van der Waals surface area contributed by atoms with Crippen LogP contribution < -0.4 is 4.90 Å². The van der Waals surface area contributed by atoms with E-state index in [0.717, 1.165) is 22.3 Å². The Balaban J connectivity index is 1.95. The van der Waals surface area contributed by atoms with E-state index in [-0.39, 0.29) is 0 Å². The Morgan fingerprint density at radius 1 is 1.05 bits per heavy atom. The minimum absolute atomic E-state index is 0.479. The molecule has 0 saturated carbocycles. The lowest BCUT2D eigenvalue weighted by molar-refractivity contribution is 0.586. The van der Waals surface area contributed by atoms with Gasteiger partial charge >= 0.3 is 0 Å². The highest BCUT2D eigenvalue weighted by molar-refractivity contribution is 5.78. The van der Waals surface area contributed by atoms with E-state index in [4.69, 9.17) is 0 Å². The van der Waals surface area contributed by atoms with Gasteiger partial charge in [-0.25, -0.2) is 4.98 Å². The second-order valence-corrected chi connectivity index (χ2v) is 5.33. The highest BCUT2D eigenvalue weighted by Gasteiger charge is 2.06. The molecule has 3 rings (SSSR count). The molecular formula is C18H16FN3. The van der Waals surface area contributed by atoms with Gasteiger partial charge in [0, 0.05) is 37.8 Å². The topological polar surface area (TPSA) is 21.1 Å². The number of anilines is 1. The summed E-state index contributed by atoms with van der Waals surface area (Å²) >= 11 is 0. The summed E-state index contributed by atoms with van der Waals surface area (Å²) in [4.78, 5) is 5.95. The monoisotopic (exact) mass is 293 g/mol. The maximum Gasteiger partial charge on any atom is 0.214 e. The summed E-state index contributed by atoms with van der Waals surface area (Å²) in [6.07, 6.45) is 0. The summed E-state index contributed by atoms with van der Waals surface area (Å²) in [5, 5.41) is 0.885. The number of benzene rings is 1. The molecule has 2 heterocycles. The Kier molecular flexibility index (Phi) is 3.56. The van der Waals surface area contributed by atoms with Crippen LogP contribution >= 0.6 is 0 Å². The summed E-state index contributed by atoms with van der Waals surface area (Å²) in [7, 11) is 5.85. The molecular weight excluding hydrogens is 277 g/mol. The lowest BCUT2D eigenvalue weighted by atomic mass is 10.2. The zero-order chi connectivity index (χ0) is 15.7. The summed E-state index contributed by atoms with van der Waals surface area (Å²) in [5.41, 5.74) is 3.49. The van der Waals surface area contributed by atoms with Gasteiger partial charge in [-0.3, -0.25) is 0 Å². The molecule has 0 aliphatic rings. The second-order valence-electron chi connectivity index (χ2n) is 5.33. The van der Waals surface area contributed by atoms with E-state index in [9.17, 15) is 4.39 Å². The van der Waals surface area contributed by atoms with Crippen molar-refractivity contribution in [3.63, 3.8) is 0 Å². The van der Waals surface area contributed by atoms with Gasteiger partial charge in [0.1, 0.15) is 5.65 Å². The lowest BCUT2D eigenvalue weighted by Gasteiger charge is -2.11. The molecule has 0 atom stereocenters. The van der Waals surface area contributed by atoms with Crippen LogP contribution in [0.1, 0.15) is 11.3 Å².